The molecule has 6 rings (SSSR count). The van der Waals surface area contributed by atoms with E-state index in [1.54, 1.807) is 0 Å². The van der Waals surface area contributed by atoms with Gasteiger partial charge in [-0.25, -0.2) is 4.98 Å². The van der Waals surface area contributed by atoms with Gasteiger partial charge < -0.3 is 14.5 Å². The number of nitrogens with zero attached hydrogens (tertiary/aromatic N) is 5. The average Bonchev–Trinajstić information content (AvgIpc) is 3.51. The third-order valence-electron chi connectivity index (χ3n) is 8.06. The third kappa shape index (κ3) is 5.00. The number of aromatic nitrogens is 3. The number of hydrogen-bond donors (Lipinski definition) is 0. The molecule has 2 aromatic carbocycles. The lowest BCUT2D eigenvalue weighted by Crippen LogP contribution is -2.23. The van der Waals surface area contributed by atoms with Crippen molar-refractivity contribution in [3.8, 4) is 22.8 Å². The fourth-order valence-electron chi connectivity index (χ4n) is 5.89. The number of ether oxygens (including phenoxy) is 1. The summed E-state index contributed by atoms with van der Waals surface area (Å²) in [4.78, 5) is 14.6. The summed E-state index contributed by atoms with van der Waals surface area (Å²) in [6, 6.07) is 23.2. The molecule has 1 aliphatic rings. The molecule has 0 aliphatic carbocycles. The lowest BCUT2D eigenvalue weighted by Gasteiger charge is -2.21. The molecule has 6 nitrogen and oxygen atoms in total. The summed E-state index contributed by atoms with van der Waals surface area (Å²) in [5.74, 6) is 2.14. The van der Waals surface area contributed by atoms with Crippen LogP contribution in [0.5, 0.6) is 11.5 Å². The fraction of sp³-hybridized carbons (Fsp3) is 0.333. The van der Waals surface area contributed by atoms with Crippen LogP contribution >= 0.6 is 0 Å². The maximum atomic E-state index is 6.65. The Kier molecular flexibility index (Phi) is 6.96. The Balaban J connectivity index is 1.47. The van der Waals surface area contributed by atoms with E-state index in [2.05, 4.69) is 137 Å². The minimum atomic E-state index is 0.00634. The van der Waals surface area contributed by atoms with E-state index in [-0.39, 0.29) is 5.41 Å². The van der Waals surface area contributed by atoms with Crippen molar-refractivity contribution in [2.75, 3.05) is 23.5 Å². The van der Waals surface area contributed by atoms with Gasteiger partial charge in [0.25, 0.3) is 0 Å². The fourth-order valence-corrected chi connectivity index (χ4v) is 5.89. The molecular weight excluding hydrogens is 518 g/mol. The normalized spacial score (nSPS) is 13.5. The van der Waals surface area contributed by atoms with Gasteiger partial charge in [-0.2, -0.15) is 0 Å². The van der Waals surface area contributed by atoms with Crippen LogP contribution in [0, 0.1) is 0 Å². The standard InChI is InChI=1S/C36H41N5O/c1-23(2)33-34(24(3)4)40-21-28(20-29(35(40)38-33)30-18-25(16-17-37-30)36(5,6)7)42-27-13-11-12-26(19-27)41-22-39(8)31-14-9-10-15-32(31)41/h9-21,23-24H,22H2,1-8H3. The van der Waals surface area contributed by atoms with Crippen LogP contribution in [0.15, 0.2) is 79.1 Å². The second-order valence-corrected chi connectivity index (χ2v) is 13.0. The van der Waals surface area contributed by atoms with Crippen molar-refractivity contribution in [3.05, 3.63) is 96.1 Å². The summed E-state index contributed by atoms with van der Waals surface area (Å²) in [6.45, 7) is 16.4. The molecule has 0 radical (unpaired) electrons. The highest BCUT2D eigenvalue weighted by molar-refractivity contribution is 5.82. The first-order chi connectivity index (χ1) is 20.0. The zero-order chi connectivity index (χ0) is 29.8. The molecular formula is C36H41N5O. The molecule has 1 aliphatic heterocycles. The largest absolute Gasteiger partial charge is 0.456 e. The molecule has 0 amide bonds. The Morgan fingerprint density at radius 2 is 1.60 bits per heavy atom. The van der Waals surface area contributed by atoms with Crippen molar-refractivity contribution in [1.82, 2.24) is 14.4 Å². The van der Waals surface area contributed by atoms with Gasteiger partial charge in [0.15, 0.2) is 0 Å². The van der Waals surface area contributed by atoms with Gasteiger partial charge in [0.05, 0.1) is 35.6 Å². The highest BCUT2D eigenvalue weighted by Gasteiger charge is 2.25. The van der Waals surface area contributed by atoms with Crippen LogP contribution in [0.3, 0.4) is 0 Å². The predicted octanol–water partition coefficient (Wildman–Crippen LogP) is 9.28. The summed E-state index contributed by atoms with van der Waals surface area (Å²) in [5.41, 5.74) is 9.89. The van der Waals surface area contributed by atoms with Crippen LogP contribution in [0.2, 0.25) is 0 Å². The van der Waals surface area contributed by atoms with Gasteiger partial charge in [0.2, 0.25) is 0 Å². The summed E-state index contributed by atoms with van der Waals surface area (Å²) >= 11 is 0. The topological polar surface area (TPSA) is 45.9 Å². The van der Waals surface area contributed by atoms with E-state index in [1.807, 2.05) is 12.3 Å². The van der Waals surface area contributed by atoms with E-state index in [0.717, 1.165) is 46.5 Å². The molecule has 0 unspecified atom stereocenters. The van der Waals surface area contributed by atoms with E-state index >= 15 is 0 Å². The minimum Gasteiger partial charge on any atom is -0.456 e. The summed E-state index contributed by atoms with van der Waals surface area (Å²) in [6.07, 6.45) is 4.00. The highest BCUT2D eigenvalue weighted by atomic mass is 16.5. The van der Waals surface area contributed by atoms with Crippen LogP contribution in [0.1, 0.15) is 77.3 Å². The van der Waals surface area contributed by atoms with Crippen LogP contribution in [0.25, 0.3) is 16.9 Å². The monoisotopic (exact) mass is 559 g/mol. The smallest absolute Gasteiger partial charge is 0.147 e. The van der Waals surface area contributed by atoms with Gasteiger partial charge in [0.1, 0.15) is 17.1 Å². The molecule has 0 saturated carbocycles. The Morgan fingerprint density at radius 3 is 2.31 bits per heavy atom. The first-order valence-electron chi connectivity index (χ1n) is 14.9. The Labute approximate surface area is 249 Å². The van der Waals surface area contributed by atoms with E-state index in [1.165, 1.54) is 22.6 Å². The minimum absolute atomic E-state index is 0.00634. The maximum absolute atomic E-state index is 6.65. The van der Waals surface area contributed by atoms with Gasteiger partial charge in [-0.15, -0.1) is 0 Å². The number of imidazole rings is 1. The summed E-state index contributed by atoms with van der Waals surface area (Å²) < 4.78 is 8.88. The molecule has 0 bridgehead atoms. The van der Waals surface area contributed by atoms with Crippen molar-refractivity contribution in [2.24, 2.45) is 0 Å². The molecule has 0 fully saturated rings. The average molecular weight is 560 g/mol. The molecule has 4 heterocycles. The van der Waals surface area contributed by atoms with E-state index in [0.29, 0.717) is 11.8 Å². The molecule has 5 aromatic rings. The first-order valence-corrected chi connectivity index (χ1v) is 14.9. The van der Waals surface area contributed by atoms with E-state index in [4.69, 9.17) is 14.7 Å². The summed E-state index contributed by atoms with van der Waals surface area (Å²) in [5, 5.41) is 0. The Hall–Kier alpha value is -4.32. The molecule has 6 heteroatoms. The van der Waals surface area contributed by atoms with Crippen molar-refractivity contribution in [1.29, 1.82) is 0 Å². The lowest BCUT2D eigenvalue weighted by molar-refractivity contribution is 0.479. The Bertz CT molecular complexity index is 1760. The van der Waals surface area contributed by atoms with Crippen molar-refractivity contribution in [3.63, 3.8) is 0 Å². The first kappa shape index (κ1) is 27.8. The van der Waals surface area contributed by atoms with E-state index in [9.17, 15) is 0 Å². The predicted molar refractivity (Wildman–Crippen MR) is 174 cm³/mol. The number of benzene rings is 2. The van der Waals surface area contributed by atoms with Crippen molar-refractivity contribution >= 4 is 22.7 Å². The van der Waals surface area contributed by atoms with Crippen LogP contribution < -0.4 is 14.5 Å². The number of fused-ring (bicyclic) bond motifs is 2. The molecule has 3 aromatic heterocycles. The maximum Gasteiger partial charge on any atom is 0.147 e. The molecule has 216 valence electrons. The second kappa shape index (κ2) is 10.5. The zero-order valence-corrected chi connectivity index (χ0v) is 26.0. The second-order valence-electron chi connectivity index (χ2n) is 13.0. The molecule has 0 saturated heterocycles. The zero-order valence-electron chi connectivity index (χ0n) is 26.0. The number of pyridine rings is 2. The van der Waals surface area contributed by atoms with Gasteiger partial charge in [0, 0.05) is 36.3 Å². The van der Waals surface area contributed by atoms with E-state index < -0.39 is 0 Å². The number of para-hydroxylation sites is 2. The van der Waals surface area contributed by atoms with Gasteiger partial charge in [-0.1, -0.05) is 66.7 Å². The molecule has 42 heavy (non-hydrogen) atoms. The third-order valence-corrected chi connectivity index (χ3v) is 8.06. The number of hydrogen-bond acceptors (Lipinski definition) is 5. The van der Waals surface area contributed by atoms with Crippen LogP contribution in [-0.2, 0) is 5.41 Å². The van der Waals surface area contributed by atoms with Gasteiger partial charge in [-0.05, 0) is 65.3 Å². The van der Waals surface area contributed by atoms with Gasteiger partial charge in [-0.3, -0.25) is 9.38 Å². The van der Waals surface area contributed by atoms with Crippen molar-refractivity contribution < 1.29 is 4.74 Å². The quantitative estimate of drug-likeness (QED) is 0.207. The number of rotatable bonds is 6. The lowest BCUT2D eigenvalue weighted by atomic mass is 9.87. The van der Waals surface area contributed by atoms with Crippen LogP contribution in [-0.4, -0.2) is 28.1 Å². The summed E-state index contributed by atoms with van der Waals surface area (Å²) in [7, 11) is 2.13. The van der Waals surface area contributed by atoms with Crippen LogP contribution in [0.4, 0.5) is 17.1 Å². The molecule has 0 N–H and O–H groups in total. The van der Waals surface area contributed by atoms with Gasteiger partial charge >= 0.3 is 0 Å². The van der Waals surface area contributed by atoms with Crippen molar-refractivity contribution in [2.45, 2.75) is 65.7 Å². The number of anilines is 3. The molecule has 0 atom stereocenters. The Morgan fingerprint density at radius 1 is 0.833 bits per heavy atom. The molecule has 0 spiro atoms. The SMILES string of the molecule is CC(C)c1nc2c(-c3cc(C(C)(C)C)ccn3)cc(Oc3cccc(N4CN(C)c5ccccc54)c3)cn2c1C(C)C. The highest BCUT2D eigenvalue weighted by Crippen LogP contribution is 2.41.